The average Bonchev–Trinajstić information content (AvgIpc) is 2.23. The fourth-order valence-corrected chi connectivity index (χ4v) is 2.23. The monoisotopic (exact) mass is 231 g/mol. The number of rotatable bonds is 1. The van der Waals surface area contributed by atoms with Gasteiger partial charge in [-0.2, -0.15) is 0 Å². The summed E-state index contributed by atoms with van der Waals surface area (Å²) in [6.45, 7) is 1.01. The number of alkyl halides is 1. The minimum absolute atomic E-state index is 0.205. The molecule has 1 aromatic rings. The zero-order valence-electron chi connectivity index (χ0n) is 8.19. The van der Waals surface area contributed by atoms with Gasteiger partial charge in [-0.1, -0.05) is 11.6 Å². The van der Waals surface area contributed by atoms with Crippen LogP contribution in [0.5, 0.6) is 0 Å². The number of halogens is 3. The predicted molar refractivity (Wildman–Crippen MR) is 56.3 cm³/mol. The number of hydrogen-bond donors (Lipinski definition) is 1. The molecule has 0 aromatic heterocycles. The molecule has 0 saturated carbocycles. The standard InChI is InChI=1S/C11H12ClF2N/c12-10-3-2-8(13)6-9(10)11(14)4-1-5-15-7-11/h2-3,6,15H,1,4-5,7H2. The highest BCUT2D eigenvalue weighted by molar-refractivity contribution is 6.31. The summed E-state index contributed by atoms with van der Waals surface area (Å²) >= 11 is 5.88. The van der Waals surface area contributed by atoms with E-state index < -0.39 is 11.5 Å². The van der Waals surface area contributed by atoms with Crippen LogP contribution in [0.3, 0.4) is 0 Å². The van der Waals surface area contributed by atoms with Gasteiger partial charge in [0.15, 0.2) is 0 Å². The molecule has 4 heteroatoms. The fourth-order valence-electron chi connectivity index (χ4n) is 1.94. The van der Waals surface area contributed by atoms with Crippen LogP contribution in [0, 0.1) is 5.82 Å². The van der Waals surface area contributed by atoms with Gasteiger partial charge in [-0.25, -0.2) is 8.78 Å². The van der Waals surface area contributed by atoms with Gasteiger partial charge in [0, 0.05) is 17.1 Å². The van der Waals surface area contributed by atoms with E-state index in [1.807, 2.05) is 0 Å². The molecule has 1 heterocycles. The highest BCUT2D eigenvalue weighted by Gasteiger charge is 2.35. The van der Waals surface area contributed by atoms with E-state index in [4.69, 9.17) is 11.6 Å². The van der Waals surface area contributed by atoms with Gasteiger partial charge >= 0.3 is 0 Å². The van der Waals surface area contributed by atoms with Gasteiger partial charge in [-0.15, -0.1) is 0 Å². The number of piperidine rings is 1. The van der Waals surface area contributed by atoms with Crippen molar-refractivity contribution in [2.24, 2.45) is 0 Å². The zero-order chi connectivity index (χ0) is 10.9. The Morgan fingerprint density at radius 1 is 1.40 bits per heavy atom. The molecule has 1 aliphatic heterocycles. The number of hydrogen-bond acceptors (Lipinski definition) is 1. The van der Waals surface area contributed by atoms with Crippen LogP contribution in [0.25, 0.3) is 0 Å². The molecular weight excluding hydrogens is 220 g/mol. The quantitative estimate of drug-likeness (QED) is 0.784. The molecular formula is C11H12ClF2N. The Bertz CT molecular complexity index is 362. The maximum absolute atomic E-state index is 14.4. The third-order valence-corrected chi connectivity index (χ3v) is 3.07. The van der Waals surface area contributed by atoms with Gasteiger partial charge < -0.3 is 5.32 Å². The minimum atomic E-state index is -1.53. The molecule has 0 amide bonds. The Balaban J connectivity index is 2.38. The summed E-state index contributed by atoms with van der Waals surface area (Å²) in [5, 5.41) is 3.26. The van der Waals surface area contributed by atoms with E-state index in [1.54, 1.807) is 0 Å². The molecule has 1 nitrogen and oxygen atoms in total. The van der Waals surface area contributed by atoms with Crippen LogP contribution in [0.4, 0.5) is 8.78 Å². The summed E-state index contributed by atoms with van der Waals surface area (Å²) in [4.78, 5) is 0. The third-order valence-electron chi connectivity index (χ3n) is 2.74. The number of benzene rings is 1. The molecule has 0 bridgehead atoms. The van der Waals surface area contributed by atoms with Crippen molar-refractivity contribution >= 4 is 11.6 Å². The molecule has 1 saturated heterocycles. The molecule has 2 rings (SSSR count). The van der Waals surface area contributed by atoms with E-state index in [2.05, 4.69) is 5.32 Å². The van der Waals surface area contributed by atoms with E-state index in [0.717, 1.165) is 13.0 Å². The van der Waals surface area contributed by atoms with Gasteiger partial charge in [0.25, 0.3) is 0 Å². The lowest BCUT2D eigenvalue weighted by atomic mass is 9.88. The van der Waals surface area contributed by atoms with Gasteiger partial charge in [0.05, 0.1) is 0 Å². The van der Waals surface area contributed by atoms with Crippen LogP contribution in [-0.2, 0) is 5.67 Å². The first-order valence-corrected chi connectivity index (χ1v) is 5.35. The molecule has 82 valence electrons. The van der Waals surface area contributed by atoms with Crippen molar-refractivity contribution in [2.45, 2.75) is 18.5 Å². The lowest BCUT2D eigenvalue weighted by Crippen LogP contribution is -2.40. The van der Waals surface area contributed by atoms with Gasteiger partial charge in [-0.3, -0.25) is 0 Å². The molecule has 1 atom stereocenters. The smallest absolute Gasteiger partial charge is 0.149 e. The Kier molecular flexibility index (Phi) is 2.94. The van der Waals surface area contributed by atoms with Crippen molar-refractivity contribution in [3.05, 3.63) is 34.6 Å². The SMILES string of the molecule is Fc1ccc(Cl)c(C2(F)CCCNC2)c1. The number of nitrogens with one attached hydrogen (secondary N) is 1. The third kappa shape index (κ3) is 2.13. The summed E-state index contributed by atoms with van der Waals surface area (Å²) in [6.07, 6.45) is 1.13. The molecule has 0 radical (unpaired) electrons. The van der Waals surface area contributed by atoms with E-state index >= 15 is 0 Å². The largest absolute Gasteiger partial charge is 0.313 e. The van der Waals surface area contributed by atoms with Gasteiger partial charge in [0.2, 0.25) is 0 Å². The second-order valence-electron chi connectivity index (χ2n) is 3.87. The zero-order valence-corrected chi connectivity index (χ0v) is 8.95. The lowest BCUT2D eigenvalue weighted by Gasteiger charge is -2.31. The second-order valence-corrected chi connectivity index (χ2v) is 4.28. The first-order chi connectivity index (χ1) is 7.12. The van der Waals surface area contributed by atoms with Crippen molar-refractivity contribution in [1.29, 1.82) is 0 Å². The van der Waals surface area contributed by atoms with Crippen molar-refractivity contribution in [3.63, 3.8) is 0 Å². The van der Waals surface area contributed by atoms with Crippen molar-refractivity contribution < 1.29 is 8.78 Å². The van der Waals surface area contributed by atoms with E-state index in [9.17, 15) is 8.78 Å². The molecule has 1 fully saturated rings. The summed E-state index contributed by atoms with van der Waals surface area (Å²) in [6, 6.07) is 3.84. The highest BCUT2D eigenvalue weighted by atomic mass is 35.5. The lowest BCUT2D eigenvalue weighted by molar-refractivity contribution is 0.121. The predicted octanol–water partition coefficient (Wildman–Crippen LogP) is 3.03. The van der Waals surface area contributed by atoms with Crippen LogP contribution in [-0.4, -0.2) is 13.1 Å². The first kappa shape index (κ1) is 10.8. The van der Waals surface area contributed by atoms with Crippen LogP contribution in [0.2, 0.25) is 5.02 Å². The van der Waals surface area contributed by atoms with Crippen molar-refractivity contribution in [3.8, 4) is 0 Å². The molecule has 1 N–H and O–H groups in total. The summed E-state index contributed by atoms with van der Waals surface area (Å²) in [7, 11) is 0. The molecule has 1 unspecified atom stereocenters. The Hall–Kier alpha value is -0.670. The highest BCUT2D eigenvalue weighted by Crippen LogP contribution is 2.37. The summed E-state index contributed by atoms with van der Waals surface area (Å²) in [5.41, 5.74) is -1.27. The van der Waals surface area contributed by atoms with Crippen molar-refractivity contribution in [1.82, 2.24) is 5.32 Å². The molecule has 1 aliphatic rings. The topological polar surface area (TPSA) is 12.0 Å². The molecule has 0 aliphatic carbocycles. The minimum Gasteiger partial charge on any atom is -0.313 e. The van der Waals surface area contributed by atoms with Crippen molar-refractivity contribution in [2.75, 3.05) is 13.1 Å². The van der Waals surface area contributed by atoms with Gasteiger partial charge in [-0.05, 0) is 37.6 Å². The van der Waals surface area contributed by atoms with Crippen LogP contribution >= 0.6 is 11.6 Å². The van der Waals surface area contributed by atoms with Crippen LogP contribution in [0.1, 0.15) is 18.4 Å². The fraction of sp³-hybridized carbons (Fsp3) is 0.455. The Morgan fingerprint density at radius 2 is 2.20 bits per heavy atom. The van der Waals surface area contributed by atoms with E-state index in [1.165, 1.54) is 18.2 Å². The Morgan fingerprint density at radius 3 is 2.87 bits per heavy atom. The molecule has 15 heavy (non-hydrogen) atoms. The second kappa shape index (κ2) is 4.06. The summed E-state index contributed by atoms with van der Waals surface area (Å²) in [5.74, 6) is -0.447. The molecule has 0 spiro atoms. The van der Waals surface area contributed by atoms with Crippen LogP contribution < -0.4 is 5.32 Å². The van der Waals surface area contributed by atoms with Gasteiger partial charge in [0.1, 0.15) is 11.5 Å². The first-order valence-electron chi connectivity index (χ1n) is 4.97. The summed E-state index contributed by atoms with van der Waals surface area (Å²) < 4.78 is 27.5. The maximum Gasteiger partial charge on any atom is 0.149 e. The van der Waals surface area contributed by atoms with E-state index in [-0.39, 0.29) is 12.1 Å². The normalized spacial score (nSPS) is 26.6. The van der Waals surface area contributed by atoms with Crippen LogP contribution in [0.15, 0.2) is 18.2 Å². The average molecular weight is 232 g/mol. The molecule has 1 aromatic carbocycles. The Labute approximate surface area is 92.4 Å². The van der Waals surface area contributed by atoms with E-state index in [0.29, 0.717) is 11.4 Å². The maximum atomic E-state index is 14.4.